The Balaban J connectivity index is 1.68. The number of nitrogens with one attached hydrogen (secondary N) is 1. The van der Waals surface area contributed by atoms with Gasteiger partial charge in [-0.2, -0.15) is 5.10 Å². The van der Waals surface area contributed by atoms with Crippen molar-refractivity contribution in [3.8, 4) is 0 Å². The topological polar surface area (TPSA) is 33.1 Å². The number of nitrogens with zero attached hydrogens (tertiary/aromatic N) is 3. The molecule has 118 valence electrons. The highest BCUT2D eigenvalue weighted by Gasteiger charge is 2.45. The highest BCUT2D eigenvalue weighted by atomic mass is 15.3. The van der Waals surface area contributed by atoms with Crippen LogP contribution in [0.4, 0.5) is 0 Å². The fraction of sp³-hybridized carbons (Fsp3) is 0.824. The molecule has 0 aromatic carbocycles. The molecule has 1 saturated heterocycles. The number of hydrogen-bond donors (Lipinski definition) is 1. The minimum absolute atomic E-state index is 0.302. The minimum Gasteiger partial charge on any atom is -0.308 e. The average molecular weight is 290 g/mol. The minimum atomic E-state index is 0.302. The fourth-order valence-electron chi connectivity index (χ4n) is 4.05. The van der Waals surface area contributed by atoms with Gasteiger partial charge in [0.2, 0.25) is 0 Å². The van der Waals surface area contributed by atoms with Crippen molar-refractivity contribution in [2.45, 2.75) is 63.5 Å². The normalized spacial score (nSPS) is 29.3. The lowest BCUT2D eigenvalue weighted by molar-refractivity contribution is 0.0153. The van der Waals surface area contributed by atoms with Gasteiger partial charge in [0.05, 0.1) is 6.20 Å². The first-order valence-electron chi connectivity index (χ1n) is 8.53. The molecule has 0 radical (unpaired) electrons. The van der Waals surface area contributed by atoms with Gasteiger partial charge in [-0.3, -0.25) is 9.58 Å². The Hall–Kier alpha value is -0.870. The Morgan fingerprint density at radius 1 is 1.33 bits per heavy atom. The zero-order valence-corrected chi connectivity index (χ0v) is 13.9. The van der Waals surface area contributed by atoms with Crippen molar-refractivity contribution in [2.24, 2.45) is 7.05 Å². The van der Waals surface area contributed by atoms with Gasteiger partial charge in [0.25, 0.3) is 0 Å². The number of hydrogen-bond acceptors (Lipinski definition) is 3. The number of piperazine rings is 1. The van der Waals surface area contributed by atoms with Crippen LogP contribution in [0.1, 0.15) is 51.5 Å². The van der Waals surface area contributed by atoms with E-state index in [0.717, 1.165) is 19.5 Å². The monoisotopic (exact) mass is 290 g/mol. The second kappa shape index (κ2) is 5.73. The first kappa shape index (κ1) is 15.0. The van der Waals surface area contributed by atoms with Crippen molar-refractivity contribution >= 4 is 0 Å². The van der Waals surface area contributed by atoms with Gasteiger partial charge in [-0.15, -0.1) is 0 Å². The first-order chi connectivity index (χ1) is 10.1. The largest absolute Gasteiger partial charge is 0.308 e. The van der Waals surface area contributed by atoms with Gasteiger partial charge < -0.3 is 5.32 Å². The Labute approximate surface area is 128 Å². The predicted octanol–water partition coefficient (Wildman–Crippen LogP) is 2.35. The van der Waals surface area contributed by atoms with Gasteiger partial charge in [-0.25, -0.2) is 0 Å². The Kier molecular flexibility index (Phi) is 4.10. The molecular formula is C17H30N4. The van der Waals surface area contributed by atoms with Crippen molar-refractivity contribution in [1.29, 1.82) is 0 Å². The Morgan fingerprint density at radius 3 is 2.71 bits per heavy atom. The number of rotatable bonds is 4. The molecular weight excluding hydrogens is 260 g/mol. The van der Waals surface area contributed by atoms with Crippen molar-refractivity contribution in [2.75, 3.05) is 19.6 Å². The summed E-state index contributed by atoms with van der Waals surface area (Å²) >= 11 is 0. The van der Waals surface area contributed by atoms with E-state index in [9.17, 15) is 0 Å². The maximum Gasteiger partial charge on any atom is 0.0522 e. The third-order valence-corrected chi connectivity index (χ3v) is 5.85. The van der Waals surface area contributed by atoms with Crippen LogP contribution in [-0.4, -0.2) is 45.4 Å². The molecule has 1 N–H and O–H groups in total. The van der Waals surface area contributed by atoms with E-state index >= 15 is 0 Å². The van der Waals surface area contributed by atoms with Crippen molar-refractivity contribution < 1.29 is 0 Å². The molecule has 3 rings (SSSR count). The molecule has 1 saturated carbocycles. The van der Waals surface area contributed by atoms with Gasteiger partial charge >= 0.3 is 0 Å². The van der Waals surface area contributed by atoms with Gasteiger partial charge in [-0.1, -0.05) is 19.8 Å². The van der Waals surface area contributed by atoms with Gasteiger partial charge in [0, 0.05) is 44.0 Å². The summed E-state index contributed by atoms with van der Waals surface area (Å²) in [6, 6.07) is 0. The number of aromatic nitrogens is 2. The van der Waals surface area contributed by atoms with E-state index in [-0.39, 0.29) is 0 Å². The molecule has 1 aromatic rings. The lowest BCUT2D eigenvalue weighted by Gasteiger charge is -2.52. The van der Waals surface area contributed by atoms with Crippen LogP contribution in [-0.2, 0) is 13.5 Å². The van der Waals surface area contributed by atoms with Crippen LogP contribution < -0.4 is 5.32 Å². The molecule has 1 unspecified atom stereocenters. The molecule has 4 nitrogen and oxygen atoms in total. The predicted molar refractivity (Wildman–Crippen MR) is 86.4 cm³/mol. The van der Waals surface area contributed by atoms with E-state index in [1.165, 1.54) is 44.2 Å². The zero-order valence-electron chi connectivity index (χ0n) is 13.9. The maximum atomic E-state index is 4.29. The standard InChI is InChI=1S/C17H30N4/c1-4-16(2)13-18-17(8-5-6-9-17)14-21(16)10-7-15-11-19-20(3)12-15/h11-12,18H,4-10,13-14H2,1-3H3. The second-order valence-electron chi connectivity index (χ2n) is 7.39. The van der Waals surface area contributed by atoms with E-state index in [4.69, 9.17) is 0 Å². The smallest absolute Gasteiger partial charge is 0.0522 e. The molecule has 1 aliphatic carbocycles. The van der Waals surface area contributed by atoms with Crippen molar-refractivity contribution in [3.63, 3.8) is 0 Å². The van der Waals surface area contributed by atoms with E-state index < -0.39 is 0 Å². The van der Waals surface area contributed by atoms with Crippen LogP contribution in [0.2, 0.25) is 0 Å². The van der Waals surface area contributed by atoms with Gasteiger partial charge in [0.1, 0.15) is 0 Å². The van der Waals surface area contributed by atoms with Crippen LogP contribution in [0.25, 0.3) is 0 Å². The Bertz CT molecular complexity index is 475. The summed E-state index contributed by atoms with van der Waals surface area (Å²) in [5.41, 5.74) is 2.06. The molecule has 2 aliphatic rings. The first-order valence-corrected chi connectivity index (χ1v) is 8.53. The second-order valence-corrected chi connectivity index (χ2v) is 7.39. The highest BCUT2D eigenvalue weighted by Crippen LogP contribution is 2.36. The lowest BCUT2D eigenvalue weighted by atomic mass is 9.85. The van der Waals surface area contributed by atoms with Crippen LogP contribution >= 0.6 is 0 Å². The third-order valence-electron chi connectivity index (χ3n) is 5.85. The Morgan fingerprint density at radius 2 is 2.10 bits per heavy atom. The van der Waals surface area contributed by atoms with E-state index in [1.807, 2.05) is 17.9 Å². The lowest BCUT2D eigenvalue weighted by Crippen LogP contribution is -2.68. The third kappa shape index (κ3) is 3.02. The summed E-state index contributed by atoms with van der Waals surface area (Å²) < 4.78 is 1.91. The summed E-state index contributed by atoms with van der Waals surface area (Å²) in [4.78, 5) is 2.75. The summed E-state index contributed by atoms with van der Waals surface area (Å²) in [6.07, 6.45) is 12.0. The quantitative estimate of drug-likeness (QED) is 0.924. The maximum absolute atomic E-state index is 4.29. The summed E-state index contributed by atoms with van der Waals surface area (Å²) in [5, 5.41) is 8.20. The fourth-order valence-corrected chi connectivity index (χ4v) is 4.05. The molecule has 2 heterocycles. The highest BCUT2D eigenvalue weighted by molar-refractivity contribution is 5.08. The van der Waals surface area contributed by atoms with E-state index in [0.29, 0.717) is 11.1 Å². The molecule has 1 aromatic heterocycles. The van der Waals surface area contributed by atoms with Crippen molar-refractivity contribution in [1.82, 2.24) is 20.0 Å². The van der Waals surface area contributed by atoms with E-state index in [2.05, 4.69) is 35.4 Å². The molecule has 1 atom stereocenters. The van der Waals surface area contributed by atoms with Gasteiger partial charge in [0.15, 0.2) is 0 Å². The van der Waals surface area contributed by atoms with E-state index in [1.54, 1.807) is 0 Å². The summed E-state index contributed by atoms with van der Waals surface area (Å²) in [5.74, 6) is 0. The molecule has 1 spiro atoms. The van der Waals surface area contributed by atoms with Crippen LogP contribution in [0, 0.1) is 0 Å². The zero-order chi connectivity index (χ0) is 14.9. The van der Waals surface area contributed by atoms with Gasteiger partial charge in [-0.05, 0) is 38.2 Å². The van der Waals surface area contributed by atoms with Crippen LogP contribution in [0.5, 0.6) is 0 Å². The van der Waals surface area contributed by atoms with Crippen molar-refractivity contribution in [3.05, 3.63) is 18.0 Å². The molecule has 21 heavy (non-hydrogen) atoms. The number of aryl methyl sites for hydroxylation is 1. The van der Waals surface area contributed by atoms with Crippen LogP contribution in [0.3, 0.4) is 0 Å². The summed E-state index contributed by atoms with van der Waals surface area (Å²) in [6.45, 7) is 8.25. The molecule has 4 heteroatoms. The average Bonchev–Trinajstić information content (AvgIpc) is 3.10. The molecule has 0 bridgehead atoms. The van der Waals surface area contributed by atoms with Crippen LogP contribution in [0.15, 0.2) is 12.4 Å². The summed E-state index contributed by atoms with van der Waals surface area (Å²) in [7, 11) is 2.00. The SMILES string of the molecule is CCC1(C)CNC2(CCCC2)CN1CCc1cnn(C)c1. The molecule has 2 fully saturated rings. The molecule has 1 aliphatic heterocycles. The molecule has 0 amide bonds.